The summed E-state index contributed by atoms with van der Waals surface area (Å²) in [6, 6.07) is 10.1. The van der Waals surface area contributed by atoms with Crippen LogP contribution in [0.15, 0.2) is 59.2 Å². The molecule has 0 fully saturated rings. The standard InChI is InChI=1S/C24H20Cl2N4O5S/c1-24(12-18(30-35-24)21-27-9-10-36-21)23(34)29-17(22(32)33)11-13-5-7-14(8-6-13)28-20(31)19-15(25)3-2-4-16(19)26/h2-10,17H,11-12H2,1H3,(H,28,31)(H,29,34)(H,32,33)/t17-,24?/m0/s1. The molecule has 1 aliphatic heterocycles. The fourth-order valence-corrected chi connectivity index (χ4v) is 4.71. The quantitative estimate of drug-likeness (QED) is 0.384. The molecular weight excluding hydrogens is 527 g/mol. The number of carbonyl (C=O) groups is 3. The van der Waals surface area contributed by atoms with Gasteiger partial charge < -0.3 is 20.6 Å². The van der Waals surface area contributed by atoms with Crippen LogP contribution in [-0.2, 0) is 20.8 Å². The number of hydrogen-bond acceptors (Lipinski definition) is 7. The zero-order valence-electron chi connectivity index (χ0n) is 18.8. The van der Waals surface area contributed by atoms with Crippen molar-refractivity contribution in [3.8, 4) is 0 Å². The van der Waals surface area contributed by atoms with Gasteiger partial charge in [0.05, 0.1) is 15.6 Å². The SMILES string of the molecule is CC1(C(=O)N[C@@H](Cc2ccc(NC(=O)c3c(Cl)cccc3Cl)cc2)C(=O)O)CC(c2nccs2)=NO1. The minimum atomic E-state index is -1.34. The van der Waals surface area contributed by atoms with E-state index in [1.807, 2.05) is 0 Å². The molecule has 12 heteroatoms. The third-order valence-electron chi connectivity index (χ3n) is 5.47. The first-order chi connectivity index (χ1) is 17.2. The predicted molar refractivity (Wildman–Crippen MR) is 137 cm³/mol. The molecule has 0 aliphatic carbocycles. The highest BCUT2D eigenvalue weighted by Crippen LogP contribution is 2.28. The maximum absolute atomic E-state index is 12.9. The van der Waals surface area contributed by atoms with Crippen LogP contribution in [0, 0.1) is 0 Å². The second kappa shape index (κ2) is 10.7. The smallest absolute Gasteiger partial charge is 0.326 e. The third-order valence-corrected chi connectivity index (χ3v) is 6.92. The van der Waals surface area contributed by atoms with Crippen LogP contribution in [0.5, 0.6) is 0 Å². The van der Waals surface area contributed by atoms with Gasteiger partial charge in [0.2, 0.25) is 5.60 Å². The summed E-state index contributed by atoms with van der Waals surface area (Å²) in [5.41, 5.74) is 0.444. The fourth-order valence-electron chi connectivity index (χ4n) is 3.52. The predicted octanol–water partition coefficient (Wildman–Crippen LogP) is 4.40. The lowest BCUT2D eigenvalue weighted by molar-refractivity contribution is -0.148. The summed E-state index contributed by atoms with van der Waals surface area (Å²) < 4.78 is 0. The molecule has 3 aromatic rings. The number of nitrogens with zero attached hydrogens (tertiary/aromatic N) is 2. The highest BCUT2D eigenvalue weighted by atomic mass is 35.5. The highest BCUT2D eigenvalue weighted by Gasteiger charge is 2.44. The topological polar surface area (TPSA) is 130 Å². The van der Waals surface area contributed by atoms with Gasteiger partial charge in [-0.2, -0.15) is 0 Å². The van der Waals surface area contributed by atoms with Crippen molar-refractivity contribution in [1.82, 2.24) is 10.3 Å². The molecule has 1 aromatic heterocycles. The minimum Gasteiger partial charge on any atom is -0.480 e. The molecule has 2 atom stereocenters. The molecule has 9 nitrogen and oxygen atoms in total. The van der Waals surface area contributed by atoms with E-state index in [-0.39, 0.29) is 28.5 Å². The van der Waals surface area contributed by atoms with Crippen molar-refractivity contribution in [2.75, 3.05) is 5.32 Å². The number of thiazole rings is 1. The second-order valence-corrected chi connectivity index (χ2v) is 9.90. The van der Waals surface area contributed by atoms with Crippen molar-refractivity contribution in [3.63, 3.8) is 0 Å². The lowest BCUT2D eigenvalue weighted by Crippen LogP contribution is -2.51. The summed E-state index contributed by atoms with van der Waals surface area (Å²) in [5, 5.41) is 21.8. The van der Waals surface area contributed by atoms with Crippen molar-refractivity contribution in [2.24, 2.45) is 5.16 Å². The van der Waals surface area contributed by atoms with E-state index in [1.54, 1.807) is 61.0 Å². The van der Waals surface area contributed by atoms with E-state index in [9.17, 15) is 19.5 Å². The van der Waals surface area contributed by atoms with Crippen LogP contribution in [0.3, 0.4) is 0 Å². The Kier molecular flexibility index (Phi) is 7.58. The first-order valence-corrected chi connectivity index (χ1v) is 12.3. The third kappa shape index (κ3) is 5.67. The first kappa shape index (κ1) is 25.6. The van der Waals surface area contributed by atoms with Gasteiger partial charge >= 0.3 is 5.97 Å². The molecule has 1 aliphatic rings. The van der Waals surface area contributed by atoms with Crippen LogP contribution in [0.2, 0.25) is 10.0 Å². The molecule has 2 amide bonds. The van der Waals surface area contributed by atoms with Crippen LogP contribution in [0.25, 0.3) is 0 Å². The van der Waals surface area contributed by atoms with Gasteiger partial charge in [-0.25, -0.2) is 9.78 Å². The van der Waals surface area contributed by atoms with E-state index >= 15 is 0 Å². The Hall–Kier alpha value is -3.47. The van der Waals surface area contributed by atoms with Gasteiger partial charge in [-0.05, 0) is 36.8 Å². The fraction of sp³-hybridized carbons (Fsp3) is 0.208. The Morgan fingerprint density at radius 2 is 1.86 bits per heavy atom. The van der Waals surface area contributed by atoms with Gasteiger partial charge in [-0.1, -0.05) is 46.6 Å². The van der Waals surface area contributed by atoms with Gasteiger partial charge in [-0.15, -0.1) is 11.3 Å². The van der Waals surface area contributed by atoms with Crippen LogP contribution < -0.4 is 10.6 Å². The van der Waals surface area contributed by atoms with Crippen LogP contribution in [-0.4, -0.2) is 45.2 Å². The average molecular weight is 547 g/mol. The maximum Gasteiger partial charge on any atom is 0.326 e. The van der Waals surface area contributed by atoms with E-state index in [1.165, 1.54) is 11.3 Å². The second-order valence-electron chi connectivity index (χ2n) is 8.19. The number of amides is 2. The van der Waals surface area contributed by atoms with Crippen molar-refractivity contribution in [2.45, 2.75) is 31.4 Å². The number of carboxylic acids is 1. The number of aromatic nitrogens is 1. The van der Waals surface area contributed by atoms with E-state index in [4.69, 9.17) is 28.0 Å². The number of nitrogens with one attached hydrogen (secondary N) is 2. The number of benzene rings is 2. The molecule has 1 unspecified atom stereocenters. The molecule has 2 aromatic carbocycles. The van der Waals surface area contributed by atoms with Gasteiger partial charge in [-0.3, -0.25) is 9.59 Å². The Morgan fingerprint density at radius 1 is 1.17 bits per heavy atom. The van der Waals surface area contributed by atoms with Crippen molar-refractivity contribution in [3.05, 3.63) is 80.2 Å². The summed E-state index contributed by atoms with van der Waals surface area (Å²) in [6.45, 7) is 1.55. The molecule has 0 saturated heterocycles. The van der Waals surface area contributed by atoms with Gasteiger partial charge in [0.25, 0.3) is 11.8 Å². The minimum absolute atomic E-state index is 0.0158. The van der Waals surface area contributed by atoms with Gasteiger partial charge in [0, 0.05) is 30.1 Å². The monoisotopic (exact) mass is 546 g/mol. The Balaban J connectivity index is 1.38. The Morgan fingerprint density at radius 3 is 2.47 bits per heavy atom. The highest BCUT2D eigenvalue weighted by molar-refractivity contribution is 7.11. The van der Waals surface area contributed by atoms with Crippen LogP contribution in [0.4, 0.5) is 5.69 Å². The van der Waals surface area contributed by atoms with Gasteiger partial charge in [0.15, 0.2) is 0 Å². The van der Waals surface area contributed by atoms with E-state index in [0.717, 1.165) is 0 Å². The molecule has 36 heavy (non-hydrogen) atoms. The van der Waals surface area contributed by atoms with Crippen molar-refractivity contribution >= 4 is 63.7 Å². The van der Waals surface area contributed by atoms with E-state index in [0.29, 0.717) is 22.0 Å². The largest absolute Gasteiger partial charge is 0.480 e. The van der Waals surface area contributed by atoms with Crippen molar-refractivity contribution < 1.29 is 24.3 Å². The molecule has 3 N–H and O–H groups in total. The van der Waals surface area contributed by atoms with Crippen molar-refractivity contribution in [1.29, 1.82) is 0 Å². The summed E-state index contributed by atoms with van der Waals surface area (Å²) in [5.74, 6) is -2.26. The zero-order chi connectivity index (χ0) is 25.9. The summed E-state index contributed by atoms with van der Waals surface area (Å²) >= 11 is 13.5. The summed E-state index contributed by atoms with van der Waals surface area (Å²) in [4.78, 5) is 46.8. The summed E-state index contributed by atoms with van der Waals surface area (Å²) in [7, 11) is 0. The zero-order valence-corrected chi connectivity index (χ0v) is 21.2. The normalized spacial score (nSPS) is 17.6. The lowest BCUT2D eigenvalue weighted by Gasteiger charge is -2.23. The Labute approximate surface area is 220 Å². The average Bonchev–Trinajstić information content (AvgIpc) is 3.50. The number of anilines is 1. The van der Waals surface area contributed by atoms with E-state index < -0.39 is 29.4 Å². The van der Waals surface area contributed by atoms with Crippen LogP contribution in [0.1, 0.15) is 34.3 Å². The molecule has 186 valence electrons. The molecule has 0 radical (unpaired) electrons. The number of hydrogen-bond donors (Lipinski definition) is 3. The number of halogens is 2. The number of oxime groups is 1. The number of carboxylic acid groups (broad SMARTS) is 1. The number of aliphatic carboxylic acids is 1. The molecule has 0 saturated carbocycles. The Bertz CT molecular complexity index is 1310. The first-order valence-electron chi connectivity index (χ1n) is 10.7. The number of carbonyl (C=O) groups excluding carboxylic acids is 2. The summed E-state index contributed by atoms with van der Waals surface area (Å²) in [6.07, 6.45) is 1.81. The van der Waals surface area contributed by atoms with E-state index in [2.05, 4.69) is 20.8 Å². The lowest BCUT2D eigenvalue weighted by atomic mass is 9.97. The molecule has 4 rings (SSSR count). The maximum atomic E-state index is 12.9. The van der Waals surface area contributed by atoms with Gasteiger partial charge in [0.1, 0.15) is 16.8 Å². The molecule has 0 bridgehead atoms. The molecular formula is C24H20Cl2N4O5S. The van der Waals surface area contributed by atoms with Crippen LogP contribution >= 0.6 is 34.5 Å². The number of rotatable bonds is 8. The molecule has 2 heterocycles. The molecule has 0 spiro atoms.